The number of rotatable bonds is 5. The molecule has 0 saturated carbocycles. The van der Waals surface area contributed by atoms with Gasteiger partial charge >= 0.3 is 5.63 Å². The maximum absolute atomic E-state index is 12.6. The maximum Gasteiger partial charge on any atom is 0.339 e. The Hall–Kier alpha value is -2.44. The molecule has 1 atom stereocenters. The Morgan fingerprint density at radius 2 is 2.13 bits per heavy atom. The molecule has 1 amide bonds. The van der Waals surface area contributed by atoms with E-state index < -0.39 is 5.63 Å². The number of thioether (sulfide) groups is 1. The molecule has 3 aromatic rings. The number of aryl methyl sites for hydroxylation is 1. The van der Waals surface area contributed by atoms with Crippen LogP contribution in [0.3, 0.4) is 0 Å². The highest BCUT2D eigenvalue weighted by Gasteiger charge is 2.23. The van der Waals surface area contributed by atoms with Gasteiger partial charge in [-0.15, -0.1) is 11.8 Å². The molecule has 1 N–H and O–H groups in total. The summed E-state index contributed by atoms with van der Waals surface area (Å²) >= 11 is 7.92. The van der Waals surface area contributed by atoms with Gasteiger partial charge in [0.25, 0.3) is 0 Å². The van der Waals surface area contributed by atoms with Gasteiger partial charge in [0.1, 0.15) is 11.3 Å². The summed E-state index contributed by atoms with van der Waals surface area (Å²) in [5.74, 6) is 1.48. The first kappa shape index (κ1) is 20.8. The van der Waals surface area contributed by atoms with Crippen LogP contribution in [0.5, 0.6) is 5.75 Å². The molecule has 1 aliphatic heterocycles. The summed E-state index contributed by atoms with van der Waals surface area (Å²) in [5, 5.41) is 4.61. The van der Waals surface area contributed by atoms with E-state index in [0.717, 1.165) is 33.6 Å². The van der Waals surface area contributed by atoms with Gasteiger partial charge in [-0.1, -0.05) is 11.6 Å². The minimum atomic E-state index is -0.410. The predicted molar refractivity (Wildman–Crippen MR) is 120 cm³/mol. The zero-order valence-electron chi connectivity index (χ0n) is 16.8. The van der Waals surface area contributed by atoms with Crippen molar-refractivity contribution >= 4 is 40.2 Å². The van der Waals surface area contributed by atoms with Crippen molar-refractivity contribution in [2.45, 2.75) is 37.1 Å². The van der Waals surface area contributed by atoms with Crippen LogP contribution < -0.4 is 15.7 Å². The largest absolute Gasteiger partial charge is 0.497 e. The van der Waals surface area contributed by atoms with E-state index in [1.807, 2.05) is 37.3 Å². The quantitative estimate of drug-likeness (QED) is 0.559. The third-order valence-electron chi connectivity index (χ3n) is 5.44. The molecule has 4 rings (SSSR count). The molecule has 0 spiro atoms. The minimum absolute atomic E-state index is 0.0611. The van der Waals surface area contributed by atoms with Gasteiger partial charge in [-0.05, 0) is 61.2 Å². The van der Waals surface area contributed by atoms with Crippen LogP contribution in [0.2, 0.25) is 5.02 Å². The highest BCUT2D eigenvalue weighted by Crippen LogP contribution is 2.37. The molecule has 1 unspecified atom stereocenters. The smallest absolute Gasteiger partial charge is 0.339 e. The summed E-state index contributed by atoms with van der Waals surface area (Å²) in [4.78, 5) is 26.3. The van der Waals surface area contributed by atoms with E-state index in [9.17, 15) is 9.59 Å². The molecule has 0 saturated heterocycles. The average Bonchev–Trinajstić information content (AvgIpc) is 2.73. The number of fused-ring (bicyclic) bond motifs is 2. The van der Waals surface area contributed by atoms with Crippen molar-refractivity contribution < 1.29 is 13.9 Å². The summed E-state index contributed by atoms with van der Waals surface area (Å²) < 4.78 is 10.7. The molecule has 5 nitrogen and oxygen atoms in total. The van der Waals surface area contributed by atoms with Crippen LogP contribution in [0.25, 0.3) is 11.0 Å². The van der Waals surface area contributed by atoms with E-state index in [2.05, 4.69) is 5.32 Å². The van der Waals surface area contributed by atoms with E-state index in [1.165, 1.54) is 0 Å². The van der Waals surface area contributed by atoms with E-state index in [1.54, 1.807) is 24.9 Å². The van der Waals surface area contributed by atoms with Gasteiger partial charge in [0, 0.05) is 39.1 Å². The number of ether oxygens (including phenoxy) is 1. The molecule has 2 aromatic carbocycles. The standard InChI is InChI=1S/C23H22ClNO4S/c1-13-16-5-4-15(28-2)12-20(16)29-23(27)17(13)6-8-22(26)25-19-9-10-30-21-7-3-14(24)11-18(19)21/h3-5,7,11-12,19H,6,8-10H2,1-2H3,(H,25,26). The molecule has 0 radical (unpaired) electrons. The number of amides is 1. The SMILES string of the molecule is COc1ccc2c(C)c(CCC(=O)NC3CCSc4ccc(Cl)cc43)c(=O)oc2c1. The molecular weight excluding hydrogens is 422 g/mol. The van der Waals surface area contributed by atoms with E-state index >= 15 is 0 Å². The van der Waals surface area contributed by atoms with Crippen molar-refractivity contribution in [2.24, 2.45) is 0 Å². The number of carbonyl (C=O) groups excluding carboxylic acids is 1. The summed E-state index contributed by atoms with van der Waals surface area (Å²) in [6, 6.07) is 11.1. The van der Waals surface area contributed by atoms with Gasteiger partial charge in [-0.25, -0.2) is 4.79 Å². The zero-order valence-corrected chi connectivity index (χ0v) is 18.4. The summed E-state index contributed by atoms with van der Waals surface area (Å²) in [6.07, 6.45) is 1.39. The van der Waals surface area contributed by atoms with Crippen LogP contribution in [-0.4, -0.2) is 18.8 Å². The first-order valence-corrected chi connectivity index (χ1v) is 11.1. The molecule has 1 aromatic heterocycles. The topological polar surface area (TPSA) is 68.5 Å². The summed E-state index contributed by atoms with van der Waals surface area (Å²) in [6.45, 7) is 1.88. The lowest BCUT2D eigenvalue weighted by atomic mass is 10.0. The molecule has 156 valence electrons. The Bertz CT molecular complexity index is 1170. The highest BCUT2D eigenvalue weighted by atomic mass is 35.5. The number of hydrogen-bond donors (Lipinski definition) is 1. The van der Waals surface area contributed by atoms with Gasteiger partial charge in [0.2, 0.25) is 5.91 Å². The van der Waals surface area contributed by atoms with Crippen LogP contribution in [0.15, 0.2) is 50.5 Å². The Kier molecular flexibility index (Phi) is 6.06. The van der Waals surface area contributed by atoms with Crippen molar-refractivity contribution in [3.63, 3.8) is 0 Å². The lowest BCUT2D eigenvalue weighted by Gasteiger charge is -2.26. The Morgan fingerprint density at radius 1 is 1.30 bits per heavy atom. The lowest BCUT2D eigenvalue weighted by Crippen LogP contribution is -2.31. The number of halogens is 1. The zero-order chi connectivity index (χ0) is 21.3. The van der Waals surface area contributed by atoms with Crippen LogP contribution in [0.4, 0.5) is 0 Å². The summed E-state index contributed by atoms with van der Waals surface area (Å²) in [7, 11) is 1.57. The molecule has 0 aliphatic carbocycles. The first-order valence-electron chi connectivity index (χ1n) is 9.78. The van der Waals surface area contributed by atoms with Gasteiger partial charge < -0.3 is 14.5 Å². The van der Waals surface area contributed by atoms with Gasteiger partial charge in [0.15, 0.2) is 0 Å². The molecule has 30 heavy (non-hydrogen) atoms. The highest BCUT2D eigenvalue weighted by molar-refractivity contribution is 7.99. The lowest BCUT2D eigenvalue weighted by molar-refractivity contribution is -0.121. The fourth-order valence-corrected chi connectivity index (χ4v) is 5.10. The molecule has 7 heteroatoms. The molecule has 0 bridgehead atoms. The Morgan fingerprint density at radius 3 is 2.93 bits per heavy atom. The van der Waals surface area contributed by atoms with Crippen molar-refractivity contribution in [1.82, 2.24) is 5.32 Å². The fourth-order valence-electron chi connectivity index (χ4n) is 3.81. The molecular formula is C23H22ClNO4S. The van der Waals surface area contributed by atoms with Crippen molar-refractivity contribution in [2.75, 3.05) is 12.9 Å². The van der Waals surface area contributed by atoms with Gasteiger partial charge in [-0.2, -0.15) is 0 Å². The second-order valence-electron chi connectivity index (χ2n) is 7.29. The number of benzene rings is 2. The average molecular weight is 444 g/mol. The van der Waals surface area contributed by atoms with Gasteiger partial charge in [-0.3, -0.25) is 4.79 Å². The first-order chi connectivity index (χ1) is 14.5. The third-order valence-corrected chi connectivity index (χ3v) is 6.80. The second-order valence-corrected chi connectivity index (χ2v) is 8.87. The van der Waals surface area contributed by atoms with E-state index in [4.69, 9.17) is 20.8 Å². The van der Waals surface area contributed by atoms with Crippen molar-refractivity contribution in [3.8, 4) is 5.75 Å². The number of carbonyl (C=O) groups is 1. The van der Waals surface area contributed by atoms with Crippen LogP contribution in [0, 0.1) is 6.92 Å². The van der Waals surface area contributed by atoms with Crippen molar-refractivity contribution in [1.29, 1.82) is 0 Å². The number of nitrogens with one attached hydrogen (secondary N) is 1. The van der Waals surface area contributed by atoms with E-state index in [0.29, 0.717) is 28.3 Å². The monoisotopic (exact) mass is 443 g/mol. The molecule has 2 heterocycles. The van der Waals surface area contributed by atoms with Gasteiger partial charge in [0.05, 0.1) is 13.2 Å². The predicted octanol–water partition coefficient (Wildman–Crippen LogP) is 5.05. The number of methoxy groups -OCH3 is 1. The normalized spacial score (nSPS) is 15.6. The maximum atomic E-state index is 12.6. The van der Waals surface area contributed by atoms with Crippen LogP contribution >= 0.6 is 23.4 Å². The van der Waals surface area contributed by atoms with E-state index in [-0.39, 0.29) is 18.4 Å². The second kappa shape index (κ2) is 8.74. The third kappa shape index (κ3) is 4.20. The van der Waals surface area contributed by atoms with Crippen LogP contribution in [-0.2, 0) is 11.2 Å². The Balaban J connectivity index is 1.49. The van der Waals surface area contributed by atoms with Crippen molar-refractivity contribution in [3.05, 3.63) is 68.5 Å². The Labute approximate surface area is 183 Å². The molecule has 1 aliphatic rings. The number of hydrogen-bond acceptors (Lipinski definition) is 5. The summed E-state index contributed by atoms with van der Waals surface area (Å²) in [5.41, 5.74) is 2.50. The molecule has 0 fully saturated rings. The van der Waals surface area contributed by atoms with Crippen LogP contribution in [0.1, 0.15) is 35.6 Å². The minimum Gasteiger partial charge on any atom is -0.497 e. The fraction of sp³-hybridized carbons (Fsp3) is 0.304.